The summed E-state index contributed by atoms with van der Waals surface area (Å²) >= 11 is 0. The number of aryl methyl sites for hydroxylation is 2. The molecule has 0 radical (unpaired) electrons. The number of H-pyrrole nitrogens is 1. The molecule has 1 heterocycles. The topological polar surface area (TPSA) is 98.2 Å². The van der Waals surface area contributed by atoms with Crippen molar-refractivity contribution < 1.29 is 5.11 Å². The van der Waals surface area contributed by atoms with Crippen molar-refractivity contribution in [3.8, 4) is 5.88 Å². The summed E-state index contributed by atoms with van der Waals surface area (Å²) in [6.07, 6.45) is 9.19. The van der Waals surface area contributed by atoms with Crippen molar-refractivity contribution in [3.05, 3.63) is 63.3 Å². The Kier molecular flexibility index (Phi) is 6.06. The SMILES string of the molecule is CCc1ccc(C)c(C2C=c3c(C(C)=NC(=N)/C=C\N)c(O)[nH]c3=CC2CC)c1. The summed E-state index contributed by atoms with van der Waals surface area (Å²) in [4.78, 5) is 7.38. The van der Waals surface area contributed by atoms with E-state index in [2.05, 4.69) is 61.1 Å². The predicted octanol–water partition coefficient (Wildman–Crippen LogP) is 3.23. The van der Waals surface area contributed by atoms with Gasteiger partial charge in [0.05, 0.1) is 11.3 Å². The number of nitrogens with one attached hydrogen (secondary N) is 2. The van der Waals surface area contributed by atoms with Crippen molar-refractivity contribution >= 4 is 23.7 Å². The molecule has 1 aliphatic carbocycles. The summed E-state index contributed by atoms with van der Waals surface area (Å²) in [5.41, 5.74) is 10.5. The van der Waals surface area contributed by atoms with E-state index in [1.807, 2.05) is 0 Å². The van der Waals surface area contributed by atoms with E-state index in [9.17, 15) is 5.11 Å². The summed E-state index contributed by atoms with van der Waals surface area (Å²) < 4.78 is 0. The lowest BCUT2D eigenvalue weighted by atomic mass is 9.78. The number of nitrogens with zero attached hydrogens (tertiary/aromatic N) is 1. The molecule has 0 saturated heterocycles. The zero-order valence-corrected chi connectivity index (χ0v) is 17.6. The number of aromatic amines is 1. The Morgan fingerprint density at radius 3 is 2.72 bits per heavy atom. The molecule has 2 aromatic rings. The van der Waals surface area contributed by atoms with Crippen LogP contribution < -0.4 is 16.3 Å². The number of aliphatic imine (C=N–C) groups is 1. The van der Waals surface area contributed by atoms with Crippen LogP contribution in [-0.4, -0.2) is 21.6 Å². The van der Waals surface area contributed by atoms with Gasteiger partial charge in [-0.2, -0.15) is 0 Å². The van der Waals surface area contributed by atoms with Gasteiger partial charge in [-0.1, -0.05) is 44.2 Å². The van der Waals surface area contributed by atoms with Gasteiger partial charge in [0.15, 0.2) is 5.88 Å². The first kappa shape index (κ1) is 20.6. The Labute approximate surface area is 171 Å². The lowest BCUT2D eigenvalue weighted by Crippen LogP contribution is -2.34. The predicted molar refractivity (Wildman–Crippen MR) is 121 cm³/mol. The van der Waals surface area contributed by atoms with Crippen molar-refractivity contribution in [1.82, 2.24) is 4.98 Å². The molecule has 0 aliphatic heterocycles. The highest BCUT2D eigenvalue weighted by Crippen LogP contribution is 2.34. The zero-order valence-electron chi connectivity index (χ0n) is 17.6. The highest BCUT2D eigenvalue weighted by Gasteiger charge is 2.25. The second kappa shape index (κ2) is 8.52. The maximum atomic E-state index is 10.6. The first-order valence-corrected chi connectivity index (χ1v) is 10.2. The lowest BCUT2D eigenvalue weighted by molar-refractivity contribution is 0.455. The molecule has 5 N–H and O–H groups in total. The minimum atomic E-state index is 0.0496. The Morgan fingerprint density at radius 1 is 1.31 bits per heavy atom. The van der Waals surface area contributed by atoms with E-state index >= 15 is 0 Å². The number of amidine groups is 1. The van der Waals surface area contributed by atoms with E-state index in [4.69, 9.17) is 11.1 Å². The fraction of sp³-hybridized carbons (Fsp3) is 0.333. The summed E-state index contributed by atoms with van der Waals surface area (Å²) in [5.74, 6) is 0.704. The van der Waals surface area contributed by atoms with E-state index in [0.29, 0.717) is 17.2 Å². The molecule has 1 aromatic heterocycles. The van der Waals surface area contributed by atoms with Crippen molar-refractivity contribution in [2.45, 2.75) is 46.5 Å². The first-order valence-electron chi connectivity index (χ1n) is 10.2. The minimum Gasteiger partial charge on any atom is -0.494 e. The number of benzene rings is 1. The molecule has 5 heteroatoms. The maximum Gasteiger partial charge on any atom is 0.198 e. The van der Waals surface area contributed by atoms with Crippen LogP contribution in [-0.2, 0) is 6.42 Å². The van der Waals surface area contributed by atoms with Gasteiger partial charge in [0.25, 0.3) is 0 Å². The van der Waals surface area contributed by atoms with E-state index in [1.54, 1.807) is 6.92 Å². The van der Waals surface area contributed by atoms with Crippen LogP contribution in [0.15, 0.2) is 35.5 Å². The summed E-state index contributed by atoms with van der Waals surface area (Å²) in [7, 11) is 0. The second-order valence-electron chi connectivity index (χ2n) is 7.59. The van der Waals surface area contributed by atoms with Crippen molar-refractivity contribution in [3.63, 3.8) is 0 Å². The molecular weight excluding hydrogens is 360 g/mol. The van der Waals surface area contributed by atoms with Crippen LogP contribution in [0.1, 0.15) is 55.4 Å². The van der Waals surface area contributed by atoms with Crippen LogP contribution in [0.2, 0.25) is 0 Å². The van der Waals surface area contributed by atoms with Crippen LogP contribution in [0, 0.1) is 18.3 Å². The summed E-state index contributed by atoms with van der Waals surface area (Å²) in [5, 5.41) is 20.3. The molecule has 0 amide bonds. The Morgan fingerprint density at radius 2 is 2.07 bits per heavy atom. The number of aromatic hydroxyl groups is 1. The molecule has 3 rings (SSSR count). The molecule has 2 unspecified atom stereocenters. The van der Waals surface area contributed by atoms with E-state index < -0.39 is 0 Å². The van der Waals surface area contributed by atoms with Crippen LogP contribution >= 0.6 is 0 Å². The number of fused-ring (bicyclic) bond motifs is 1. The van der Waals surface area contributed by atoms with Crippen LogP contribution in [0.5, 0.6) is 5.88 Å². The third-order valence-corrected chi connectivity index (χ3v) is 5.72. The Bertz CT molecular complexity index is 1100. The lowest BCUT2D eigenvalue weighted by Gasteiger charge is -2.25. The van der Waals surface area contributed by atoms with Gasteiger partial charge < -0.3 is 15.8 Å². The Hall–Kier alpha value is -3.08. The van der Waals surface area contributed by atoms with Gasteiger partial charge in [-0.15, -0.1) is 0 Å². The molecule has 0 fully saturated rings. The standard InChI is InChI=1S/C24H30N4O/c1-5-16-8-7-14(3)18(11-16)19-13-20-21(12-17(19)6-2)28-24(29)23(20)15(4)27-22(26)9-10-25/h7-13,17,19,26,28-29H,5-6,25H2,1-4H3/b10-9-,26-22?,27-15?. The fourth-order valence-electron chi connectivity index (χ4n) is 4.14. The average Bonchev–Trinajstić information content (AvgIpc) is 3.02. The molecule has 5 nitrogen and oxygen atoms in total. The Balaban J connectivity index is 2.20. The van der Waals surface area contributed by atoms with Crippen LogP contribution in [0.25, 0.3) is 12.2 Å². The van der Waals surface area contributed by atoms with Gasteiger partial charge in [0.1, 0.15) is 5.84 Å². The van der Waals surface area contributed by atoms with Gasteiger partial charge in [-0.05, 0) is 61.6 Å². The molecule has 0 spiro atoms. The average molecular weight is 391 g/mol. The summed E-state index contributed by atoms with van der Waals surface area (Å²) in [6.45, 7) is 8.34. The van der Waals surface area contributed by atoms with Gasteiger partial charge in [0.2, 0.25) is 0 Å². The molecule has 0 bridgehead atoms. The van der Waals surface area contributed by atoms with E-state index in [-0.39, 0.29) is 17.6 Å². The normalized spacial score (nSPS) is 19.0. The monoisotopic (exact) mass is 390 g/mol. The molecule has 152 valence electrons. The molecule has 0 saturated carbocycles. The van der Waals surface area contributed by atoms with Crippen molar-refractivity contribution in [2.75, 3.05) is 0 Å². The molecule has 2 atom stereocenters. The van der Waals surface area contributed by atoms with Crippen LogP contribution in [0.4, 0.5) is 0 Å². The van der Waals surface area contributed by atoms with Gasteiger partial charge >= 0.3 is 0 Å². The highest BCUT2D eigenvalue weighted by atomic mass is 16.3. The molecule has 29 heavy (non-hydrogen) atoms. The molecule has 1 aliphatic rings. The summed E-state index contributed by atoms with van der Waals surface area (Å²) in [6, 6.07) is 6.71. The molecular formula is C24H30N4O. The smallest absolute Gasteiger partial charge is 0.198 e. The fourth-order valence-corrected chi connectivity index (χ4v) is 4.14. The zero-order chi connectivity index (χ0) is 21.1. The molecule has 1 aromatic carbocycles. The first-order chi connectivity index (χ1) is 13.9. The maximum absolute atomic E-state index is 10.6. The number of aromatic nitrogens is 1. The van der Waals surface area contributed by atoms with E-state index in [0.717, 1.165) is 23.4 Å². The van der Waals surface area contributed by atoms with Gasteiger partial charge in [-0.25, -0.2) is 4.99 Å². The largest absolute Gasteiger partial charge is 0.494 e. The third kappa shape index (κ3) is 4.04. The van der Waals surface area contributed by atoms with Crippen molar-refractivity contribution in [1.29, 1.82) is 5.41 Å². The quantitative estimate of drug-likeness (QED) is 0.466. The number of hydrogen-bond donors (Lipinski definition) is 4. The third-order valence-electron chi connectivity index (χ3n) is 5.72. The number of rotatable bonds is 5. The van der Waals surface area contributed by atoms with Gasteiger partial charge in [-0.3, -0.25) is 5.41 Å². The number of nitrogens with two attached hydrogens (primary N) is 1. The minimum absolute atomic E-state index is 0.0496. The van der Waals surface area contributed by atoms with E-state index in [1.165, 1.54) is 29.0 Å². The highest BCUT2D eigenvalue weighted by molar-refractivity contribution is 6.09. The van der Waals surface area contributed by atoms with Crippen molar-refractivity contribution in [2.24, 2.45) is 16.6 Å². The van der Waals surface area contributed by atoms with Crippen LogP contribution in [0.3, 0.4) is 0 Å². The number of hydrogen-bond acceptors (Lipinski definition) is 3. The second-order valence-corrected chi connectivity index (χ2v) is 7.59. The van der Waals surface area contributed by atoms with Gasteiger partial charge in [0, 0.05) is 16.5 Å².